The Hall–Kier alpha value is -1.36. The molecular weight excluding hydrogens is 182 g/mol. The highest BCUT2D eigenvalue weighted by atomic mass is 16.4. The number of carbonyl (C=O) groups excluding carboxylic acids is 1. The zero-order valence-electron chi connectivity index (χ0n) is 8.63. The Morgan fingerprint density at radius 3 is 2.79 bits per heavy atom. The number of rotatable bonds is 3. The minimum atomic E-state index is -0.433. The SMILES string of the molecule is Cc1coc(C(=O)NCC(C)(C)N)n1. The number of hydrogen-bond acceptors (Lipinski definition) is 4. The highest BCUT2D eigenvalue weighted by Crippen LogP contribution is 2.00. The van der Waals surface area contributed by atoms with Crippen molar-refractivity contribution in [1.82, 2.24) is 10.3 Å². The van der Waals surface area contributed by atoms with Gasteiger partial charge in [0.2, 0.25) is 0 Å². The molecule has 78 valence electrons. The normalized spacial score (nSPS) is 11.4. The monoisotopic (exact) mass is 197 g/mol. The molecule has 0 aliphatic carbocycles. The fourth-order valence-electron chi connectivity index (χ4n) is 0.842. The molecule has 1 amide bonds. The van der Waals surface area contributed by atoms with Crippen LogP contribution in [0.15, 0.2) is 10.7 Å². The molecular formula is C9H15N3O2. The van der Waals surface area contributed by atoms with Crippen LogP contribution >= 0.6 is 0 Å². The summed E-state index contributed by atoms with van der Waals surface area (Å²) in [5.74, 6) is -0.261. The van der Waals surface area contributed by atoms with Gasteiger partial charge in [-0.05, 0) is 20.8 Å². The third-order valence-corrected chi connectivity index (χ3v) is 1.52. The van der Waals surface area contributed by atoms with Gasteiger partial charge < -0.3 is 15.5 Å². The van der Waals surface area contributed by atoms with E-state index in [2.05, 4.69) is 10.3 Å². The lowest BCUT2D eigenvalue weighted by molar-refractivity contribution is 0.0911. The predicted octanol–water partition coefficient (Wildman–Crippen LogP) is 0.450. The first-order valence-electron chi connectivity index (χ1n) is 4.38. The van der Waals surface area contributed by atoms with E-state index >= 15 is 0 Å². The predicted molar refractivity (Wildman–Crippen MR) is 51.8 cm³/mol. The van der Waals surface area contributed by atoms with Crippen LogP contribution in [0.1, 0.15) is 30.2 Å². The van der Waals surface area contributed by atoms with Crippen LogP contribution in [0.4, 0.5) is 0 Å². The molecule has 0 radical (unpaired) electrons. The molecule has 0 unspecified atom stereocenters. The standard InChI is InChI=1S/C9H15N3O2/c1-6-4-14-8(12-6)7(13)11-5-9(2,3)10/h4H,5,10H2,1-3H3,(H,11,13). The molecule has 1 heterocycles. The van der Waals surface area contributed by atoms with E-state index in [1.807, 2.05) is 13.8 Å². The largest absolute Gasteiger partial charge is 0.441 e. The molecule has 1 aromatic rings. The first-order valence-corrected chi connectivity index (χ1v) is 4.38. The quantitative estimate of drug-likeness (QED) is 0.737. The number of nitrogens with zero attached hydrogens (tertiary/aromatic N) is 1. The number of hydrogen-bond donors (Lipinski definition) is 2. The molecule has 0 fully saturated rings. The lowest BCUT2D eigenvalue weighted by Crippen LogP contribution is -2.45. The number of aryl methyl sites for hydroxylation is 1. The number of carbonyl (C=O) groups is 1. The summed E-state index contributed by atoms with van der Waals surface area (Å²) in [5, 5.41) is 2.63. The van der Waals surface area contributed by atoms with Gasteiger partial charge in [-0.15, -0.1) is 0 Å². The second-order valence-corrected chi connectivity index (χ2v) is 3.97. The molecule has 0 saturated carbocycles. The summed E-state index contributed by atoms with van der Waals surface area (Å²) >= 11 is 0. The van der Waals surface area contributed by atoms with Crippen LogP contribution in [-0.2, 0) is 0 Å². The van der Waals surface area contributed by atoms with Crippen LogP contribution in [0, 0.1) is 6.92 Å². The smallest absolute Gasteiger partial charge is 0.307 e. The average molecular weight is 197 g/mol. The Morgan fingerprint density at radius 2 is 2.36 bits per heavy atom. The highest BCUT2D eigenvalue weighted by molar-refractivity contribution is 5.89. The number of oxazole rings is 1. The molecule has 0 bridgehead atoms. The highest BCUT2D eigenvalue weighted by Gasteiger charge is 2.16. The Kier molecular flexibility index (Phi) is 2.90. The summed E-state index contributed by atoms with van der Waals surface area (Å²) in [7, 11) is 0. The van der Waals surface area contributed by atoms with Gasteiger partial charge >= 0.3 is 5.91 Å². The van der Waals surface area contributed by atoms with E-state index in [0.717, 1.165) is 0 Å². The van der Waals surface area contributed by atoms with Crippen molar-refractivity contribution in [2.75, 3.05) is 6.54 Å². The molecule has 3 N–H and O–H groups in total. The van der Waals surface area contributed by atoms with Gasteiger partial charge in [0, 0.05) is 12.1 Å². The molecule has 5 heteroatoms. The summed E-state index contributed by atoms with van der Waals surface area (Å²) in [4.78, 5) is 15.3. The van der Waals surface area contributed by atoms with Gasteiger partial charge in [-0.2, -0.15) is 0 Å². The Balaban J connectivity index is 2.52. The maximum absolute atomic E-state index is 11.4. The van der Waals surface area contributed by atoms with Crippen LogP contribution in [0.5, 0.6) is 0 Å². The van der Waals surface area contributed by atoms with Gasteiger partial charge in [0.05, 0.1) is 5.69 Å². The summed E-state index contributed by atoms with van der Waals surface area (Å²) in [6.45, 7) is 5.79. The minimum Gasteiger partial charge on any atom is -0.441 e. The van der Waals surface area contributed by atoms with Gasteiger partial charge in [0.15, 0.2) is 0 Å². The lowest BCUT2D eigenvalue weighted by Gasteiger charge is -2.17. The summed E-state index contributed by atoms with van der Waals surface area (Å²) in [6.07, 6.45) is 1.43. The lowest BCUT2D eigenvalue weighted by atomic mass is 10.1. The van der Waals surface area contributed by atoms with Crippen molar-refractivity contribution in [1.29, 1.82) is 0 Å². The molecule has 0 atom stereocenters. The van der Waals surface area contributed by atoms with Crippen LogP contribution in [0.25, 0.3) is 0 Å². The third kappa shape index (κ3) is 3.18. The zero-order chi connectivity index (χ0) is 10.8. The van der Waals surface area contributed by atoms with E-state index in [1.165, 1.54) is 6.26 Å². The molecule has 0 aliphatic heterocycles. The maximum Gasteiger partial charge on any atom is 0.307 e. The second-order valence-electron chi connectivity index (χ2n) is 3.97. The summed E-state index contributed by atoms with van der Waals surface area (Å²) < 4.78 is 4.93. The van der Waals surface area contributed by atoms with Crippen LogP contribution in [-0.4, -0.2) is 23.0 Å². The molecule has 0 spiro atoms. The summed E-state index contributed by atoms with van der Waals surface area (Å²) in [5.41, 5.74) is 5.95. The fraction of sp³-hybridized carbons (Fsp3) is 0.556. The van der Waals surface area contributed by atoms with E-state index in [9.17, 15) is 4.79 Å². The van der Waals surface area contributed by atoms with Gasteiger partial charge in [-0.1, -0.05) is 0 Å². The molecule has 0 saturated heterocycles. The van der Waals surface area contributed by atoms with Gasteiger partial charge in [-0.25, -0.2) is 4.98 Å². The Bertz CT molecular complexity index is 325. The van der Waals surface area contributed by atoms with Crippen molar-refractivity contribution in [2.45, 2.75) is 26.3 Å². The van der Waals surface area contributed by atoms with Crippen LogP contribution in [0.2, 0.25) is 0 Å². The first kappa shape index (κ1) is 10.7. The van der Waals surface area contributed by atoms with E-state index in [0.29, 0.717) is 12.2 Å². The van der Waals surface area contributed by atoms with E-state index < -0.39 is 5.54 Å². The Labute approximate surface area is 82.7 Å². The van der Waals surface area contributed by atoms with Crippen molar-refractivity contribution in [3.63, 3.8) is 0 Å². The summed E-state index contributed by atoms with van der Waals surface area (Å²) in [6, 6.07) is 0. The molecule has 0 aliphatic rings. The number of nitrogens with one attached hydrogen (secondary N) is 1. The molecule has 1 aromatic heterocycles. The van der Waals surface area contributed by atoms with Crippen molar-refractivity contribution >= 4 is 5.91 Å². The van der Waals surface area contributed by atoms with E-state index in [-0.39, 0.29) is 11.8 Å². The van der Waals surface area contributed by atoms with E-state index in [1.54, 1.807) is 6.92 Å². The van der Waals surface area contributed by atoms with Gasteiger partial charge in [0.25, 0.3) is 5.89 Å². The van der Waals surface area contributed by atoms with Crippen molar-refractivity contribution in [3.05, 3.63) is 17.8 Å². The fourth-order valence-corrected chi connectivity index (χ4v) is 0.842. The van der Waals surface area contributed by atoms with Crippen molar-refractivity contribution in [3.8, 4) is 0 Å². The number of nitrogens with two attached hydrogens (primary N) is 1. The zero-order valence-corrected chi connectivity index (χ0v) is 8.63. The molecule has 1 rings (SSSR count). The first-order chi connectivity index (χ1) is 6.38. The topological polar surface area (TPSA) is 81.2 Å². The van der Waals surface area contributed by atoms with Crippen LogP contribution < -0.4 is 11.1 Å². The molecule has 0 aromatic carbocycles. The number of amides is 1. The van der Waals surface area contributed by atoms with Crippen LogP contribution in [0.3, 0.4) is 0 Å². The minimum absolute atomic E-state index is 0.0757. The third-order valence-electron chi connectivity index (χ3n) is 1.52. The van der Waals surface area contributed by atoms with Gasteiger partial charge in [-0.3, -0.25) is 4.79 Å². The van der Waals surface area contributed by atoms with E-state index in [4.69, 9.17) is 10.2 Å². The molecule has 14 heavy (non-hydrogen) atoms. The Morgan fingerprint density at radius 1 is 1.71 bits per heavy atom. The number of aromatic nitrogens is 1. The van der Waals surface area contributed by atoms with Crippen molar-refractivity contribution in [2.24, 2.45) is 5.73 Å². The second kappa shape index (κ2) is 3.79. The maximum atomic E-state index is 11.4. The van der Waals surface area contributed by atoms with Crippen molar-refractivity contribution < 1.29 is 9.21 Å². The average Bonchev–Trinajstić information content (AvgIpc) is 2.46. The molecule has 5 nitrogen and oxygen atoms in total. The van der Waals surface area contributed by atoms with Gasteiger partial charge in [0.1, 0.15) is 6.26 Å².